The second-order valence-corrected chi connectivity index (χ2v) is 7.54. The molecule has 0 spiro atoms. The van der Waals surface area contributed by atoms with Crippen LogP contribution < -0.4 is 5.32 Å². The Morgan fingerprint density at radius 2 is 1.67 bits per heavy atom. The number of amides is 1. The van der Waals surface area contributed by atoms with E-state index in [0.29, 0.717) is 5.92 Å². The van der Waals surface area contributed by atoms with Crippen molar-refractivity contribution in [1.29, 1.82) is 0 Å². The lowest BCUT2D eigenvalue weighted by Gasteiger charge is -2.28. The normalized spacial score (nSPS) is 26.3. The molecular weight excluding hydrogens is 294 g/mol. The molecule has 4 rings (SSSR count). The van der Waals surface area contributed by atoms with E-state index in [2.05, 4.69) is 24.4 Å². The van der Waals surface area contributed by atoms with Gasteiger partial charge in [-0.3, -0.25) is 4.79 Å². The molecule has 0 saturated heterocycles. The highest BCUT2D eigenvalue weighted by Gasteiger charge is 2.42. The van der Waals surface area contributed by atoms with E-state index in [9.17, 15) is 4.79 Å². The third-order valence-corrected chi connectivity index (χ3v) is 6.05. The van der Waals surface area contributed by atoms with Gasteiger partial charge in [0.05, 0.1) is 0 Å². The number of hydrogen-bond acceptors (Lipinski definition) is 1. The number of carbonyl (C=O) groups is 1. The molecule has 2 aliphatic rings. The van der Waals surface area contributed by atoms with Gasteiger partial charge in [-0.25, -0.2) is 0 Å². The minimum Gasteiger partial charge on any atom is -0.349 e. The van der Waals surface area contributed by atoms with Crippen molar-refractivity contribution in [2.45, 2.75) is 38.6 Å². The quantitative estimate of drug-likeness (QED) is 0.852. The lowest BCUT2D eigenvalue weighted by Crippen LogP contribution is -2.40. The van der Waals surface area contributed by atoms with Crippen LogP contribution in [0.4, 0.5) is 0 Å². The molecule has 2 saturated carbocycles. The Labute approximate surface area is 144 Å². The van der Waals surface area contributed by atoms with Gasteiger partial charge in [-0.1, -0.05) is 48.9 Å². The first-order valence-corrected chi connectivity index (χ1v) is 9.17. The predicted molar refractivity (Wildman–Crippen MR) is 97.7 cm³/mol. The Hall–Kier alpha value is -2.09. The van der Waals surface area contributed by atoms with E-state index in [1.54, 1.807) is 0 Å². The summed E-state index contributed by atoms with van der Waals surface area (Å²) in [6.07, 6.45) is 5.46. The summed E-state index contributed by atoms with van der Waals surface area (Å²) >= 11 is 0. The van der Waals surface area contributed by atoms with Gasteiger partial charge in [0.1, 0.15) is 0 Å². The lowest BCUT2D eigenvalue weighted by atomic mass is 9.84. The molecule has 4 atom stereocenters. The van der Waals surface area contributed by atoms with Gasteiger partial charge in [0.25, 0.3) is 5.91 Å². The average Bonchev–Trinajstić information content (AvgIpc) is 3.26. The zero-order valence-electron chi connectivity index (χ0n) is 14.2. The minimum absolute atomic E-state index is 0.0601. The van der Waals surface area contributed by atoms with Crippen molar-refractivity contribution >= 4 is 5.91 Å². The first kappa shape index (κ1) is 15.4. The van der Waals surface area contributed by atoms with E-state index in [-0.39, 0.29) is 11.9 Å². The molecule has 0 radical (unpaired) electrons. The highest BCUT2D eigenvalue weighted by molar-refractivity contribution is 5.94. The van der Waals surface area contributed by atoms with Crippen molar-refractivity contribution in [3.05, 3.63) is 60.2 Å². The van der Waals surface area contributed by atoms with Crippen LogP contribution in [0.5, 0.6) is 0 Å². The van der Waals surface area contributed by atoms with Gasteiger partial charge in [-0.15, -0.1) is 0 Å². The van der Waals surface area contributed by atoms with E-state index in [4.69, 9.17) is 0 Å². The largest absolute Gasteiger partial charge is 0.349 e. The van der Waals surface area contributed by atoms with Crippen molar-refractivity contribution in [2.24, 2.45) is 17.8 Å². The second kappa shape index (κ2) is 6.43. The fourth-order valence-electron chi connectivity index (χ4n) is 4.75. The zero-order chi connectivity index (χ0) is 16.5. The van der Waals surface area contributed by atoms with Gasteiger partial charge in [-0.2, -0.15) is 0 Å². The van der Waals surface area contributed by atoms with Crippen LogP contribution in [0.3, 0.4) is 0 Å². The maximum absolute atomic E-state index is 12.6. The van der Waals surface area contributed by atoms with Gasteiger partial charge in [0.15, 0.2) is 0 Å². The number of nitrogens with one attached hydrogen (secondary N) is 1. The number of hydrogen-bond donors (Lipinski definition) is 1. The van der Waals surface area contributed by atoms with Crippen molar-refractivity contribution in [2.75, 3.05) is 0 Å². The predicted octanol–water partition coefficient (Wildman–Crippen LogP) is 4.91. The molecule has 2 aromatic carbocycles. The Kier molecular flexibility index (Phi) is 4.13. The van der Waals surface area contributed by atoms with Gasteiger partial charge < -0.3 is 5.32 Å². The fourth-order valence-corrected chi connectivity index (χ4v) is 4.75. The first-order chi connectivity index (χ1) is 11.7. The molecule has 2 nitrogen and oxygen atoms in total. The maximum atomic E-state index is 12.6. The Bertz CT molecular complexity index is 707. The van der Waals surface area contributed by atoms with Crippen LogP contribution >= 0.6 is 0 Å². The molecule has 2 aromatic rings. The van der Waals surface area contributed by atoms with E-state index < -0.39 is 0 Å². The minimum atomic E-state index is 0.0601. The first-order valence-electron chi connectivity index (χ1n) is 9.17. The Morgan fingerprint density at radius 3 is 2.29 bits per heavy atom. The molecule has 124 valence electrons. The molecule has 0 heterocycles. The monoisotopic (exact) mass is 319 g/mol. The highest BCUT2D eigenvalue weighted by Crippen LogP contribution is 2.49. The number of carbonyl (C=O) groups excluding carboxylic acids is 1. The van der Waals surface area contributed by atoms with Gasteiger partial charge in [0.2, 0.25) is 0 Å². The van der Waals surface area contributed by atoms with Crippen molar-refractivity contribution in [1.82, 2.24) is 5.32 Å². The lowest BCUT2D eigenvalue weighted by molar-refractivity contribution is 0.0915. The summed E-state index contributed by atoms with van der Waals surface area (Å²) in [5.41, 5.74) is 3.08. The zero-order valence-corrected chi connectivity index (χ0v) is 14.2. The highest BCUT2D eigenvalue weighted by atomic mass is 16.1. The van der Waals surface area contributed by atoms with E-state index >= 15 is 0 Å². The van der Waals surface area contributed by atoms with Gasteiger partial charge in [0, 0.05) is 11.6 Å². The molecule has 0 aromatic heterocycles. The van der Waals surface area contributed by atoms with E-state index in [0.717, 1.165) is 23.0 Å². The third-order valence-electron chi connectivity index (χ3n) is 6.05. The molecule has 1 N–H and O–H groups in total. The Morgan fingerprint density at radius 1 is 0.958 bits per heavy atom. The van der Waals surface area contributed by atoms with Crippen LogP contribution in [0, 0.1) is 17.8 Å². The fraction of sp³-hybridized carbons (Fsp3) is 0.409. The summed E-state index contributed by atoms with van der Waals surface area (Å²) < 4.78 is 0. The van der Waals surface area contributed by atoms with Crippen molar-refractivity contribution in [3.63, 3.8) is 0 Å². The van der Waals surface area contributed by atoms with Crippen LogP contribution in [0.15, 0.2) is 54.6 Å². The average molecular weight is 319 g/mol. The van der Waals surface area contributed by atoms with Crippen LogP contribution in [-0.4, -0.2) is 11.9 Å². The smallest absolute Gasteiger partial charge is 0.251 e. The number of rotatable bonds is 4. The molecule has 2 heteroatoms. The van der Waals surface area contributed by atoms with Gasteiger partial charge in [-0.05, 0) is 67.2 Å². The molecule has 2 bridgehead atoms. The SMILES string of the molecule is C[C@@H](NC(=O)c1ccc(-c2ccccc2)cc1)[C@@H]1C[C@@H]2CC[C@@H]1C2. The van der Waals surface area contributed by atoms with E-state index in [1.165, 1.54) is 31.2 Å². The Balaban J connectivity index is 1.41. The van der Waals surface area contributed by atoms with Crippen molar-refractivity contribution in [3.8, 4) is 11.1 Å². The summed E-state index contributed by atoms with van der Waals surface area (Å²) in [6, 6.07) is 18.5. The molecule has 0 aliphatic heterocycles. The number of benzene rings is 2. The molecule has 2 fully saturated rings. The molecule has 2 aliphatic carbocycles. The molecule has 24 heavy (non-hydrogen) atoms. The van der Waals surface area contributed by atoms with Crippen LogP contribution in [0.2, 0.25) is 0 Å². The topological polar surface area (TPSA) is 29.1 Å². The standard InChI is InChI=1S/C22H25NO/c1-15(21-14-16-7-8-20(21)13-16)23-22(24)19-11-9-18(10-12-19)17-5-3-2-4-6-17/h2-6,9-12,15-16,20-21H,7-8,13-14H2,1H3,(H,23,24)/t15-,16-,20-,21+/m1/s1. The molecular formula is C22H25NO. The molecule has 0 unspecified atom stereocenters. The maximum Gasteiger partial charge on any atom is 0.251 e. The summed E-state index contributed by atoms with van der Waals surface area (Å²) in [6.45, 7) is 2.18. The second-order valence-electron chi connectivity index (χ2n) is 7.54. The summed E-state index contributed by atoms with van der Waals surface area (Å²) in [7, 11) is 0. The third kappa shape index (κ3) is 2.98. The van der Waals surface area contributed by atoms with Gasteiger partial charge >= 0.3 is 0 Å². The number of fused-ring (bicyclic) bond motifs is 2. The van der Waals surface area contributed by atoms with Crippen LogP contribution in [0.25, 0.3) is 11.1 Å². The van der Waals surface area contributed by atoms with E-state index in [1.807, 2.05) is 42.5 Å². The van der Waals surface area contributed by atoms with Crippen LogP contribution in [-0.2, 0) is 0 Å². The summed E-state index contributed by atoms with van der Waals surface area (Å²) in [5.74, 6) is 2.50. The van der Waals surface area contributed by atoms with Crippen LogP contribution in [0.1, 0.15) is 43.0 Å². The van der Waals surface area contributed by atoms with Crippen molar-refractivity contribution < 1.29 is 4.79 Å². The summed E-state index contributed by atoms with van der Waals surface area (Å²) in [4.78, 5) is 12.6. The molecule has 1 amide bonds. The summed E-state index contributed by atoms with van der Waals surface area (Å²) in [5, 5.41) is 3.24.